The lowest BCUT2D eigenvalue weighted by Crippen LogP contribution is -2.50. The van der Waals surface area contributed by atoms with Crippen LogP contribution in [0.15, 0.2) is 22.7 Å². The zero-order chi connectivity index (χ0) is 13.8. The van der Waals surface area contributed by atoms with Crippen LogP contribution in [0.3, 0.4) is 0 Å². The molecule has 1 saturated heterocycles. The van der Waals surface area contributed by atoms with Crippen LogP contribution in [-0.4, -0.2) is 25.8 Å². The Labute approximate surface area is 129 Å². The Bertz CT molecular complexity index is 442. The van der Waals surface area contributed by atoms with Gasteiger partial charge in [-0.1, -0.05) is 35.2 Å². The molecule has 20 heavy (non-hydrogen) atoms. The molecule has 3 rings (SSSR count). The molecule has 0 spiro atoms. The van der Waals surface area contributed by atoms with Crippen molar-refractivity contribution in [1.29, 1.82) is 0 Å². The maximum atomic E-state index is 6.03. The summed E-state index contributed by atoms with van der Waals surface area (Å²) in [5.74, 6) is 2.46. The van der Waals surface area contributed by atoms with Gasteiger partial charge in [-0.25, -0.2) is 0 Å². The molecule has 110 valence electrons. The molecular weight excluding hydrogens is 318 g/mol. The van der Waals surface area contributed by atoms with Crippen molar-refractivity contribution in [3.05, 3.63) is 22.7 Å². The highest BCUT2D eigenvalue weighted by Gasteiger charge is 2.21. The van der Waals surface area contributed by atoms with Crippen LogP contribution in [0.2, 0.25) is 0 Å². The molecule has 0 radical (unpaired) electrons. The van der Waals surface area contributed by atoms with Crippen LogP contribution in [0.5, 0.6) is 11.5 Å². The first kappa shape index (κ1) is 14.2. The Morgan fingerprint density at radius 3 is 2.60 bits per heavy atom. The molecular formula is C16H22BrNO2. The molecule has 0 unspecified atom stereocenters. The number of hydrogen-bond acceptors (Lipinski definition) is 3. The van der Waals surface area contributed by atoms with Gasteiger partial charge in [-0.05, 0) is 37.0 Å². The molecule has 4 heteroatoms. The van der Waals surface area contributed by atoms with Crippen molar-refractivity contribution in [1.82, 2.24) is 5.32 Å². The summed E-state index contributed by atoms with van der Waals surface area (Å²) in [7, 11) is 0. The number of benzene rings is 1. The first-order valence-corrected chi connectivity index (χ1v) is 8.40. The summed E-state index contributed by atoms with van der Waals surface area (Å²) in [6, 6.07) is 6.03. The number of ether oxygens (including phenoxy) is 2. The summed E-state index contributed by atoms with van der Waals surface area (Å²) in [5.41, 5.74) is 0. The predicted molar refractivity (Wildman–Crippen MR) is 83.5 cm³/mol. The van der Waals surface area contributed by atoms with E-state index in [1.807, 2.05) is 18.2 Å². The average molecular weight is 340 g/mol. The van der Waals surface area contributed by atoms with Crippen molar-refractivity contribution in [2.45, 2.75) is 38.2 Å². The Morgan fingerprint density at radius 1 is 1.10 bits per heavy atom. The molecule has 1 saturated carbocycles. The normalized spacial score (nSPS) is 20.4. The van der Waals surface area contributed by atoms with E-state index >= 15 is 0 Å². The van der Waals surface area contributed by atoms with Gasteiger partial charge in [0.2, 0.25) is 0 Å². The highest BCUT2D eigenvalue weighted by Crippen LogP contribution is 2.33. The number of hydrogen-bond donors (Lipinski definition) is 1. The van der Waals surface area contributed by atoms with E-state index in [0.717, 1.165) is 35.7 Å². The van der Waals surface area contributed by atoms with E-state index in [1.54, 1.807) is 0 Å². The number of halogens is 1. The second kappa shape index (κ2) is 6.81. The summed E-state index contributed by atoms with van der Waals surface area (Å²) >= 11 is 3.50. The van der Waals surface area contributed by atoms with Gasteiger partial charge in [0, 0.05) is 17.6 Å². The first-order valence-electron chi connectivity index (χ1n) is 7.61. The Balaban J connectivity index is 1.61. The summed E-state index contributed by atoms with van der Waals surface area (Å²) in [4.78, 5) is 0. The Kier molecular flexibility index (Phi) is 4.84. The van der Waals surface area contributed by atoms with E-state index in [1.165, 1.54) is 32.1 Å². The second-order valence-electron chi connectivity index (χ2n) is 5.80. The Hall–Kier alpha value is -0.740. The minimum absolute atomic E-state index is 0.279. The van der Waals surface area contributed by atoms with Crippen LogP contribution in [0.25, 0.3) is 0 Å². The van der Waals surface area contributed by atoms with Gasteiger partial charge in [-0.15, -0.1) is 0 Å². The molecule has 0 amide bonds. The standard InChI is InChI=1S/C16H22BrNO2/c17-13-6-7-15(16(8-13)20-14-9-18-10-14)19-11-12-4-2-1-3-5-12/h6-8,12,14,18H,1-5,9-11H2. The maximum Gasteiger partial charge on any atom is 0.162 e. The molecule has 1 N–H and O–H groups in total. The van der Waals surface area contributed by atoms with E-state index in [0.29, 0.717) is 5.92 Å². The van der Waals surface area contributed by atoms with Gasteiger partial charge in [0.05, 0.1) is 6.61 Å². The minimum Gasteiger partial charge on any atom is -0.489 e. The topological polar surface area (TPSA) is 30.5 Å². The summed E-state index contributed by atoms with van der Waals surface area (Å²) < 4.78 is 13.1. The molecule has 2 aliphatic rings. The van der Waals surface area contributed by atoms with Crippen molar-refractivity contribution in [3.63, 3.8) is 0 Å². The molecule has 2 fully saturated rings. The van der Waals surface area contributed by atoms with Gasteiger partial charge in [-0.2, -0.15) is 0 Å². The fourth-order valence-corrected chi connectivity index (χ4v) is 3.12. The molecule has 1 aromatic rings. The van der Waals surface area contributed by atoms with Gasteiger partial charge in [0.25, 0.3) is 0 Å². The van der Waals surface area contributed by atoms with Crippen molar-refractivity contribution in [2.24, 2.45) is 5.92 Å². The van der Waals surface area contributed by atoms with Crippen molar-refractivity contribution in [3.8, 4) is 11.5 Å². The first-order chi connectivity index (χ1) is 9.81. The van der Waals surface area contributed by atoms with E-state index < -0.39 is 0 Å². The van der Waals surface area contributed by atoms with E-state index in [2.05, 4.69) is 21.2 Å². The lowest BCUT2D eigenvalue weighted by molar-refractivity contribution is 0.131. The van der Waals surface area contributed by atoms with Crippen LogP contribution >= 0.6 is 15.9 Å². The molecule has 3 nitrogen and oxygen atoms in total. The third-order valence-electron chi connectivity index (χ3n) is 4.14. The quantitative estimate of drug-likeness (QED) is 0.885. The molecule has 0 atom stereocenters. The maximum absolute atomic E-state index is 6.03. The van der Waals surface area contributed by atoms with Gasteiger partial charge in [-0.3, -0.25) is 0 Å². The smallest absolute Gasteiger partial charge is 0.162 e. The lowest BCUT2D eigenvalue weighted by Gasteiger charge is -2.29. The fourth-order valence-electron chi connectivity index (χ4n) is 2.78. The molecule has 1 aliphatic heterocycles. The lowest BCUT2D eigenvalue weighted by atomic mass is 9.90. The van der Waals surface area contributed by atoms with Crippen LogP contribution in [0.4, 0.5) is 0 Å². The van der Waals surface area contributed by atoms with Gasteiger partial charge in [0.15, 0.2) is 11.5 Å². The van der Waals surface area contributed by atoms with E-state index in [-0.39, 0.29) is 6.10 Å². The van der Waals surface area contributed by atoms with E-state index in [4.69, 9.17) is 9.47 Å². The van der Waals surface area contributed by atoms with Crippen molar-refractivity contribution >= 4 is 15.9 Å². The van der Waals surface area contributed by atoms with Crippen molar-refractivity contribution in [2.75, 3.05) is 19.7 Å². The molecule has 1 heterocycles. The van der Waals surface area contributed by atoms with Crippen LogP contribution in [-0.2, 0) is 0 Å². The SMILES string of the molecule is Brc1ccc(OCC2CCCCC2)c(OC2CNC2)c1. The third kappa shape index (κ3) is 3.67. The predicted octanol–water partition coefficient (Wildman–Crippen LogP) is 3.76. The van der Waals surface area contributed by atoms with Gasteiger partial charge in [0.1, 0.15) is 6.10 Å². The molecule has 1 aromatic carbocycles. The average Bonchev–Trinajstić information content (AvgIpc) is 2.43. The molecule has 1 aliphatic carbocycles. The van der Waals surface area contributed by atoms with Crippen molar-refractivity contribution < 1.29 is 9.47 Å². The molecule has 0 bridgehead atoms. The summed E-state index contributed by atoms with van der Waals surface area (Å²) in [6.07, 6.45) is 6.98. The van der Waals surface area contributed by atoms with Gasteiger partial charge >= 0.3 is 0 Å². The fraction of sp³-hybridized carbons (Fsp3) is 0.625. The van der Waals surface area contributed by atoms with Crippen LogP contribution in [0.1, 0.15) is 32.1 Å². The summed E-state index contributed by atoms with van der Waals surface area (Å²) in [6.45, 7) is 2.67. The number of rotatable bonds is 5. The number of nitrogens with one attached hydrogen (secondary N) is 1. The highest BCUT2D eigenvalue weighted by molar-refractivity contribution is 9.10. The zero-order valence-electron chi connectivity index (χ0n) is 11.7. The zero-order valence-corrected chi connectivity index (χ0v) is 13.3. The van der Waals surface area contributed by atoms with Gasteiger partial charge < -0.3 is 14.8 Å². The van der Waals surface area contributed by atoms with Crippen LogP contribution in [0, 0.1) is 5.92 Å². The molecule has 0 aromatic heterocycles. The Morgan fingerprint density at radius 2 is 1.90 bits per heavy atom. The monoisotopic (exact) mass is 339 g/mol. The highest BCUT2D eigenvalue weighted by atomic mass is 79.9. The second-order valence-corrected chi connectivity index (χ2v) is 6.72. The van der Waals surface area contributed by atoms with E-state index in [9.17, 15) is 0 Å². The minimum atomic E-state index is 0.279. The van der Waals surface area contributed by atoms with Crippen LogP contribution < -0.4 is 14.8 Å². The largest absolute Gasteiger partial charge is 0.489 e. The third-order valence-corrected chi connectivity index (χ3v) is 4.64. The summed E-state index contributed by atoms with van der Waals surface area (Å²) in [5, 5.41) is 3.22.